The van der Waals surface area contributed by atoms with E-state index in [1.807, 2.05) is 0 Å². The van der Waals surface area contributed by atoms with Gasteiger partial charge >= 0.3 is 12.1 Å². The largest absolute Gasteiger partial charge is 0.464 e. The maximum atomic E-state index is 12.3. The number of hydrogen-bond acceptors (Lipinski definition) is 3. The van der Waals surface area contributed by atoms with Crippen molar-refractivity contribution >= 4 is 5.97 Å². The molecule has 0 aliphatic heterocycles. The lowest BCUT2D eigenvalue weighted by molar-refractivity contribution is -0.141. The summed E-state index contributed by atoms with van der Waals surface area (Å²) in [6.07, 6.45) is -3.74. The highest BCUT2D eigenvalue weighted by molar-refractivity contribution is 5.88. The third kappa shape index (κ3) is 1.70. The molecule has 0 atom stereocenters. The van der Waals surface area contributed by atoms with Crippen LogP contribution in [0, 0.1) is 0 Å². The fourth-order valence-corrected chi connectivity index (χ4v) is 0.975. The maximum absolute atomic E-state index is 12.3. The van der Waals surface area contributed by atoms with E-state index in [1.165, 1.54) is 7.05 Å². The third-order valence-electron chi connectivity index (χ3n) is 1.58. The molecule has 0 unspecified atom stereocenters. The second-order valence-corrected chi connectivity index (χ2v) is 2.54. The summed E-state index contributed by atoms with van der Waals surface area (Å²) in [6, 6.07) is 0. The predicted octanol–water partition coefficient (Wildman–Crippen LogP) is 1.23. The molecule has 1 heterocycles. The molecule has 0 amide bonds. The van der Waals surface area contributed by atoms with Crippen LogP contribution in [0.4, 0.5) is 13.2 Å². The van der Waals surface area contributed by atoms with Gasteiger partial charge in [0.25, 0.3) is 0 Å². The molecule has 1 aromatic rings. The highest BCUT2D eigenvalue weighted by Gasteiger charge is 2.39. The lowest BCUT2D eigenvalue weighted by Crippen LogP contribution is -2.16. The van der Waals surface area contributed by atoms with Crippen LogP contribution in [0.2, 0.25) is 0 Å². The van der Waals surface area contributed by atoms with Crippen LogP contribution in [0.15, 0.2) is 6.33 Å². The van der Waals surface area contributed by atoms with E-state index in [0.29, 0.717) is 0 Å². The summed E-state index contributed by atoms with van der Waals surface area (Å²) >= 11 is 0. The van der Waals surface area contributed by atoms with Gasteiger partial charge in [-0.25, -0.2) is 9.78 Å². The van der Waals surface area contributed by atoms with Gasteiger partial charge in [-0.15, -0.1) is 0 Å². The van der Waals surface area contributed by atoms with E-state index in [4.69, 9.17) is 0 Å². The summed E-state index contributed by atoms with van der Waals surface area (Å²) in [5.41, 5.74) is -1.83. The highest BCUT2D eigenvalue weighted by atomic mass is 19.4. The van der Waals surface area contributed by atoms with Gasteiger partial charge in [0.15, 0.2) is 11.4 Å². The number of carbonyl (C=O) groups is 1. The van der Waals surface area contributed by atoms with Crippen molar-refractivity contribution in [2.45, 2.75) is 6.18 Å². The van der Waals surface area contributed by atoms with Gasteiger partial charge in [-0.1, -0.05) is 0 Å². The number of aromatic nitrogens is 2. The van der Waals surface area contributed by atoms with Crippen molar-refractivity contribution in [3.63, 3.8) is 0 Å². The molecule has 7 heteroatoms. The van der Waals surface area contributed by atoms with Crippen molar-refractivity contribution in [3.8, 4) is 0 Å². The van der Waals surface area contributed by atoms with Gasteiger partial charge in [-0.05, 0) is 0 Å². The Morgan fingerprint density at radius 3 is 2.57 bits per heavy atom. The molecule has 1 rings (SSSR count). The van der Waals surface area contributed by atoms with Gasteiger partial charge in [-0.3, -0.25) is 0 Å². The highest BCUT2D eigenvalue weighted by Crippen LogP contribution is 2.30. The zero-order chi connectivity index (χ0) is 10.9. The van der Waals surface area contributed by atoms with E-state index < -0.39 is 23.5 Å². The van der Waals surface area contributed by atoms with E-state index in [2.05, 4.69) is 9.72 Å². The van der Waals surface area contributed by atoms with E-state index in [9.17, 15) is 18.0 Å². The average molecular weight is 208 g/mol. The van der Waals surface area contributed by atoms with Crippen molar-refractivity contribution in [3.05, 3.63) is 17.7 Å². The Morgan fingerprint density at radius 1 is 1.57 bits per heavy atom. The Hall–Kier alpha value is -1.53. The number of ether oxygens (including phenoxy) is 1. The van der Waals surface area contributed by atoms with Crippen LogP contribution in [0.3, 0.4) is 0 Å². The molecule has 0 bridgehead atoms. The summed E-state index contributed by atoms with van der Waals surface area (Å²) in [5, 5.41) is 0. The fraction of sp³-hybridized carbons (Fsp3) is 0.429. The topological polar surface area (TPSA) is 44.1 Å². The molecule has 1 aromatic heterocycles. The summed E-state index contributed by atoms with van der Waals surface area (Å²) < 4.78 is 42.0. The number of alkyl halides is 3. The first-order valence-electron chi connectivity index (χ1n) is 3.54. The molecule has 0 radical (unpaired) electrons. The fourth-order valence-electron chi connectivity index (χ4n) is 0.975. The zero-order valence-corrected chi connectivity index (χ0v) is 7.42. The van der Waals surface area contributed by atoms with Crippen LogP contribution in [0.25, 0.3) is 0 Å². The predicted molar refractivity (Wildman–Crippen MR) is 39.5 cm³/mol. The number of carbonyl (C=O) groups excluding carboxylic acids is 1. The molecule has 0 N–H and O–H groups in total. The minimum Gasteiger partial charge on any atom is -0.464 e. The zero-order valence-electron chi connectivity index (χ0n) is 7.42. The minimum atomic E-state index is -4.65. The molecule has 0 aliphatic carbocycles. The molecule has 14 heavy (non-hydrogen) atoms. The standard InChI is InChI=1S/C7H7F3N2O2/c1-12-3-11-5(7(8,9)10)4(12)6(13)14-2/h3H,1-2H3. The van der Waals surface area contributed by atoms with Crippen molar-refractivity contribution in [1.82, 2.24) is 9.55 Å². The SMILES string of the molecule is COC(=O)c1c(C(F)(F)F)ncn1C. The first-order valence-corrected chi connectivity index (χ1v) is 3.54. The lowest BCUT2D eigenvalue weighted by atomic mass is 10.3. The van der Waals surface area contributed by atoms with E-state index in [-0.39, 0.29) is 0 Å². The van der Waals surface area contributed by atoms with Gasteiger partial charge in [0.2, 0.25) is 0 Å². The van der Waals surface area contributed by atoms with E-state index >= 15 is 0 Å². The molecule has 0 aliphatic rings. The molecular weight excluding hydrogens is 201 g/mol. The molecule has 0 spiro atoms. The smallest absolute Gasteiger partial charge is 0.435 e. The molecule has 0 saturated heterocycles. The van der Waals surface area contributed by atoms with Crippen LogP contribution in [0.5, 0.6) is 0 Å². The van der Waals surface area contributed by atoms with Crippen LogP contribution in [0.1, 0.15) is 16.2 Å². The Bertz CT molecular complexity index is 356. The summed E-state index contributed by atoms with van der Waals surface area (Å²) in [5.74, 6) is -1.06. The first kappa shape index (κ1) is 10.6. The number of aryl methyl sites for hydroxylation is 1. The van der Waals surface area contributed by atoms with Gasteiger partial charge in [0, 0.05) is 7.05 Å². The lowest BCUT2D eigenvalue weighted by Gasteiger charge is -2.06. The summed E-state index contributed by atoms with van der Waals surface area (Å²) in [7, 11) is 2.30. The van der Waals surface area contributed by atoms with Crippen molar-refractivity contribution in [1.29, 1.82) is 0 Å². The van der Waals surface area contributed by atoms with Crippen LogP contribution in [-0.4, -0.2) is 22.6 Å². The molecule has 0 saturated carbocycles. The monoisotopic (exact) mass is 208 g/mol. The molecule has 78 valence electrons. The number of nitrogens with zero attached hydrogens (tertiary/aromatic N) is 2. The van der Waals surface area contributed by atoms with Crippen LogP contribution in [-0.2, 0) is 18.0 Å². The molecule has 0 aromatic carbocycles. The van der Waals surface area contributed by atoms with Crippen molar-refractivity contribution in [2.24, 2.45) is 7.05 Å². The Kier molecular flexibility index (Phi) is 2.50. The Labute approximate surface area is 77.3 Å². The van der Waals surface area contributed by atoms with E-state index in [0.717, 1.165) is 18.0 Å². The number of methoxy groups -OCH3 is 1. The van der Waals surface area contributed by atoms with Gasteiger partial charge in [0.05, 0.1) is 13.4 Å². The second-order valence-electron chi connectivity index (χ2n) is 2.54. The minimum absolute atomic E-state index is 0.597. The third-order valence-corrected chi connectivity index (χ3v) is 1.58. The van der Waals surface area contributed by atoms with Crippen LogP contribution >= 0.6 is 0 Å². The number of imidazole rings is 1. The molecule has 4 nitrogen and oxygen atoms in total. The van der Waals surface area contributed by atoms with Crippen molar-refractivity contribution in [2.75, 3.05) is 7.11 Å². The number of hydrogen-bond donors (Lipinski definition) is 0. The molecule has 0 fully saturated rings. The normalized spacial score (nSPS) is 11.5. The van der Waals surface area contributed by atoms with Gasteiger partial charge in [-0.2, -0.15) is 13.2 Å². The number of rotatable bonds is 1. The summed E-state index contributed by atoms with van der Waals surface area (Å²) in [4.78, 5) is 14.1. The van der Waals surface area contributed by atoms with Gasteiger partial charge < -0.3 is 9.30 Å². The quantitative estimate of drug-likeness (QED) is 0.652. The van der Waals surface area contributed by atoms with E-state index in [1.54, 1.807) is 0 Å². The summed E-state index contributed by atoms with van der Waals surface area (Å²) in [6.45, 7) is 0. The Balaban J connectivity index is 3.26. The number of esters is 1. The maximum Gasteiger partial charge on any atom is 0.435 e. The molecular formula is C7H7F3N2O2. The first-order chi connectivity index (χ1) is 6.38. The number of halogens is 3. The van der Waals surface area contributed by atoms with Gasteiger partial charge in [0.1, 0.15) is 0 Å². The second kappa shape index (κ2) is 3.32. The van der Waals surface area contributed by atoms with Crippen LogP contribution < -0.4 is 0 Å². The average Bonchev–Trinajstić information content (AvgIpc) is 2.45. The van der Waals surface area contributed by atoms with Crippen molar-refractivity contribution < 1.29 is 22.7 Å². The Morgan fingerprint density at radius 2 is 2.14 bits per heavy atom.